The zero-order valence-corrected chi connectivity index (χ0v) is 22.6. The molecular formula is C27H31N3O7S. The molecule has 1 aromatic heterocycles. The predicted octanol–water partition coefficient (Wildman–Crippen LogP) is 3.41. The Bertz CT molecular complexity index is 1530. The number of nitrogens with one attached hydrogen (secondary N) is 1. The summed E-state index contributed by atoms with van der Waals surface area (Å²) < 4.78 is 40.4. The summed E-state index contributed by atoms with van der Waals surface area (Å²) in [5.41, 5.74) is -0.245. The first-order valence-corrected chi connectivity index (χ1v) is 13.7. The zero-order valence-electron chi connectivity index (χ0n) is 21.8. The van der Waals surface area contributed by atoms with E-state index in [9.17, 15) is 22.8 Å². The maximum atomic E-state index is 13.6. The molecule has 0 aliphatic carbocycles. The SMILES string of the molecule is Cc1cn(COC(=O)c2ccccc2)c(=O)c2cccc(S(=O)(=O)N3CCC(NC(=O)OC(C)(C)C)C3)c12. The van der Waals surface area contributed by atoms with Gasteiger partial charge in [-0.1, -0.05) is 24.3 Å². The minimum atomic E-state index is -3.98. The van der Waals surface area contributed by atoms with Crippen molar-refractivity contribution < 1.29 is 27.5 Å². The third-order valence-corrected chi connectivity index (χ3v) is 8.00. The Labute approximate surface area is 221 Å². The molecule has 10 nitrogen and oxygen atoms in total. The Hall–Kier alpha value is -3.70. The van der Waals surface area contributed by atoms with Crippen molar-refractivity contribution in [1.29, 1.82) is 0 Å². The number of carbonyl (C=O) groups excluding carboxylic acids is 2. The van der Waals surface area contributed by atoms with Crippen LogP contribution in [0.2, 0.25) is 0 Å². The van der Waals surface area contributed by atoms with E-state index >= 15 is 0 Å². The van der Waals surface area contributed by atoms with Crippen molar-refractivity contribution in [2.45, 2.75) is 57.4 Å². The molecule has 0 radical (unpaired) electrons. The first-order valence-electron chi connectivity index (χ1n) is 12.2. The van der Waals surface area contributed by atoms with E-state index in [0.717, 1.165) is 0 Å². The second kappa shape index (κ2) is 10.6. The summed E-state index contributed by atoms with van der Waals surface area (Å²) in [5.74, 6) is -0.574. The Balaban J connectivity index is 1.56. The molecule has 1 amide bonds. The highest BCUT2D eigenvalue weighted by atomic mass is 32.2. The maximum Gasteiger partial charge on any atom is 0.407 e. The molecule has 202 valence electrons. The summed E-state index contributed by atoms with van der Waals surface area (Å²) in [5, 5.41) is 3.24. The van der Waals surface area contributed by atoms with Gasteiger partial charge in [0.05, 0.1) is 10.5 Å². The molecule has 1 saturated heterocycles. The largest absolute Gasteiger partial charge is 0.444 e. The van der Waals surface area contributed by atoms with E-state index in [4.69, 9.17) is 9.47 Å². The Morgan fingerprint density at radius 2 is 1.79 bits per heavy atom. The molecule has 1 fully saturated rings. The van der Waals surface area contributed by atoms with Crippen molar-refractivity contribution in [2.24, 2.45) is 0 Å². The number of pyridine rings is 1. The molecule has 2 aromatic carbocycles. The maximum absolute atomic E-state index is 13.6. The lowest BCUT2D eigenvalue weighted by Gasteiger charge is -2.22. The highest BCUT2D eigenvalue weighted by Gasteiger charge is 2.35. The summed E-state index contributed by atoms with van der Waals surface area (Å²) in [6.07, 6.45) is 1.32. The molecule has 38 heavy (non-hydrogen) atoms. The number of ether oxygens (including phenoxy) is 2. The van der Waals surface area contributed by atoms with E-state index in [1.54, 1.807) is 64.1 Å². The van der Waals surface area contributed by atoms with Crippen LogP contribution >= 0.6 is 0 Å². The molecule has 1 aliphatic heterocycles. The fourth-order valence-corrected chi connectivity index (χ4v) is 6.18. The first kappa shape index (κ1) is 27.3. The molecule has 2 heterocycles. The van der Waals surface area contributed by atoms with Crippen LogP contribution in [0.4, 0.5) is 4.79 Å². The van der Waals surface area contributed by atoms with Gasteiger partial charge in [0.25, 0.3) is 5.56 Å². The molecule has 11 heteroatoms. The third-order valence-electron chi connectivity index (χ3n) is 6.10. The van der Waals surface area contributed by atoms with Crippen LogP contribution in [0.15, 0.2) is 64.4 Å². The fraction of sp³-hybridized carbons (Fsp3) is 0.370. The number of alkyl carbamates (subject to hydrolysis) is 1. The van der Waals surface area contributed by atoms with E-state index in [-0.39, 0.29) is 30.1 Å². The van der Waals surface area contributed by atoms with Gasteiger partial charge in [-0.3, -0.25) is 9.36 Å². The Kier molecular flexibility index (Phi) is 7.61. The van der Waals surface area contributed by atoms with E-state index in [1.165, 1.54) is 27.2 Å². The van der Waals surface area contributed by atoms with Gasteiger partial charge in [-0.05, 0) is 63.9 Å². The van der Waals surface area contributed by atoms with Crippen LogP contribution < -0.4 is 10.9 Å². The van der Waals surface area contributed by atoms with Gasteiger partial charge in [-0.2, -0.15) is 4.31 Å². The quantitative estimate of drug-likeness (QED) is 0.474. The average molecular weight is 542 g/mol. The van der Waals surface area contributed by atoms with Crippen LogP contribution in [0.5, 0.6) is 0 Å². The predicted molar refractivity (Wildman–Crippen MR) is 141 cm³/mol. The number of rotatable bonds is 6. The molecule has 0 saturated carbocycles. The van der Waals surface area contributed by atoms with E-state index in [1.807, 2.05) is 0 Å². The number of benzene rings is 2. The molecule has 1 N–H and O–H groups in total. The van der Waals surface area contributed by atoms with Crippen LogP contribution in [-0.2, 0) is 26.2 Å². The average Bonchev–Trinajstić information content (AvgIpc) is 3.33. The van der Waals surface area contributed by atoms with E-state index in [2.05, 4.69) is 5.32 Å². The second-order valence-corrected chi connectivity index (χ2v) is 12.1. The minimum Gasteiger partial charge on any atom is -0.444 e. The number of hydrogen-bond donors (Lipinski definition) is 1. The minimum absolute atomic E-state index is 0.0101. The topological polar surface area (TPSA) is 124 Å². The fourth-order valence-electron chi connectivity index (χ4n) is 4.40. The monoisotopic (exact) mass is 541 g/mol. The lowest BCUT2D eigenvalue weighted by molar-refractivity contribution is 0.0366. The summed E-state index contributed by atoms with van der Waals surface area (Å²) in [4.78, 5) is 37.7. The molecule has 0 spiro atoms. The summed E-state index contributed by atoms with van der Waals surface area (Å²) in [6.45, 7) is 6.94. The zero-order chi connectivity index (χ0) is 27.7. The van der Waals surface area contributed by atoms with Crippen molar-refractivity contribution in [2.75, 3.05) is 13.1 Å². The number of sulfonamides is 1. The van der Waals surface area contributed by atoms with Crippen molar-refractivity contribution >= 4 is 32.9 Å². The van der Waals surface area contributed by atoms with E-state index < -0.39 is 39.3 Å². The van der Waals surface area contributed by atoms with Gasteiger partial charge >= 0.3 is 12.1 Å². The lowest BCUT2D eigenvalue weighted by Crippen LogP contribution is -2.41. The molecule has 4 rings (SSSR count). The van der Waals surface area contributed by atoms with Gasteiger partial charge in [0.1, 0.15) is 5.60 Å². The van der Waals surface area contributed by atoms with Gasteiger partial charge < -0.3 is 14.8 Å². The number of esters is 1. The molecule has 3 aromatic rings. The van der Waals surface area contributed by atoms with E-state index in [0.29, 0.717) is 22.9 Å². The van der Waals surface area contributed by atoms with Crippen molar-refractivity contribution in [3.05, 3.63) is 76.2 Å². The van der Waals surface area contributed by atoms with Gasteiger partial charge in [-0.25, -0.2) is 18.0 Å². The lowest BCUT2D eigenvalue weighted by atomic mass is 10.1. The number of aromatic nitrogens is 1. The van der Waals surface area contributed by atoms with Gasteiger partial charge in [0.2, 0.25) is 10.0 Å². The van der Waals surface area contributed by atoms with Crippen LogP contribution in [0.25, 0.3) is 10.8 Å². The highest BCUT2D eigenvalue weighted by molar-refractivity contribution is 7.89. The smallest absolute Gasteiger partial charge is 0.407 e. The summed E-state index contributed by atoms with van der Waals surface area (Å²) in [6, 6.07) is 12.6. The number of nitrogens with zero attached hydrogens (tertiary/aromatic N) is 2. The summed E-state index contributed by atoms with van der Waals surface area (Å²) >= 11 is 0. The number of hydrogen-bond acceptors (Lipinski definition) is 7. The molecular weight excluding hydrogens is 510 g/mol. The molecule has 0 bridgehead atoms. The number of amides is 1. The molecule has 1 aliphatic rings. The highest BCUT2D eigenvalue weighted by Crippen LogP contribution is 2.29. The van der Waals surface area contributed by atoms with Crippen molar-refractivity contribution in [3.63, 3.8) is 0 Å². The Morgan fingerprint density at radius 1 is 1.08 bits per heavy atom. The molecule has 1 unspecified atom stereocenters. The Morgan fingerprint density at radius 3 is 2.47 bits per heavy atom. The van der Waals surface area contributed by atoms with Crippen molar-refractivity contribution in [3.8, 4) is 0 Å². The third kappa shape index (κ3) is 5.89. The van der Waals surface area contributed by atoms with Crippen LogP contribution in [0.1, 0.15) is 43.1 Å². The molecule has 1 atom stereocenters. The number of carbonyl (C=O) groups is 2. The summed E-state index contributed by atoms with van der Waals surface area (Å²) in [7, 11) is -3.98. The van der Waals surface area contributed by atoms with Crippen LogP contribution in [-0.4, -0.2) is 54.1 Å². The van der Waals surface area contributed by atoms with Gasteiger partial charge in [0.15, 0.2) is 6.73 Å². The van der Waals surface area contributed by atoms with Gasteiger partial charge in [-0.15, -0.1) is 0 Å². The van der Waals surface area contributed by atoms with Crippen molar-refractivity contribution in [1.82, 2.24) is 14.2 Å². The second-order valence-electron chi connectivity index (χ2n) is 10.2. The van der Waals surface area contributed by atoms with Crippen LogP contribution in [0.3, 0.4) is 0 Å². The normalized spacial score (nSPS) is 16.4. The van der Waals surface area contributed by atoms with Gasteiger partial charge in [0, 0.05) is 36.1 Å². The van der Waals surface area contributed by atoms with Crippen LogP contribution in [0, 0.1) is 6.92 Å². The first-order chi connectivity index (χ1) is 17.9. The standard InChI is InChI=1S/C27H31N3O7S/c1-18-15-29(17-36-25(32)19-9-6-5-7-10-19)24(31)21-11-8-12-22(23(18)21)38(34,35)30-14-13-20(16-30)28-26(33)37-27(2,3)4/h5-12,15,20H,13-14,16-17H2,1-4H3,(H,28,33). The number of fused-ring (bicyclic) bond motifs is 1. The number of aryl methyl sites for hydroxylation is 1.